The molecule has 0 fully saturated rings. The molecule has 188 valence electrons. The van der Waals surface area contributed by atoms with Crippen LogP contribution in [0.1, 0.15) is 34.3 Å². The molecule has 8 heteroatoms. The number of cyclic esters (lactones) is 1. The Balaban J connectivity index is 1.74. The van der Waals surface area contributed by atoms with Crippen molar-refractivity contribution in [2.45, 2.75) is 37.8 Å². The van der Waals surface area contributed by atoms with Crippen molar-refractivity contribution >= 4 is 12.0 Å². The lowest BCUT2D eigenvalue weighted by Gasteiger charge is -2.22. The molecular formula is C27H32O8. The zero-order chi connectivity index (χ0) is 25.0. The molecule has 0 radical (unpaired) electrons. The molecular weight excluding hydrogens is 452 g/mol. The van der Waals surface area contributed by atoms with Crippen molar-refractivity contribution in [2.75, 3.05) is 27.6 Å². The first-order valence-electron chi connectivity index (χ1n) is 11.4. The van der Waals surface area contributed by atoms with Crippen LogP contribution in [0.2, 0.25) is 0 Å². The van der Waals surface area contributed by atoms with Crippen molar-refractivity contribution in [1.82, 2.24) is 0 Å². The Labute approximate surface area is 205 Å². The lowest BCUT2D eigenvalue weighted by Crippen LogP contribution is -2.26. The first-order chi connectivity index (χ1) is 17.0. The van der Waals surface area contributed by atoms with E-state index in [2.05, 4.69) is 0 Å². The van der Waals surface area contributed by atoms with E-state index in [-0.39, 0.29) is 18.8 Å². The monoisotopic (exact) mass is 484 g/mol. The Bertz CT molecular complexity index is 999. The van der Waals surface area contributed by atoms with E-state index in [0.29, 0.717) is 30.9 Å². The summed E-state index contributed by atoms with van der Waals surface area (Å²) in [5, 5.41) is 20.6. The molecule has 3 rings (SSSR count). The minimum Gasteiger partial charge on any atom is -0.497 e. The van der Waals surface area contributed by atoms with E-state index in [1.165, 1.54) is 25.3 Å². The topological polar surface area (TPSA) is 104 Å². The van der Waals surface area contributed by atoms with Crippen LogP contribution >= 0.6 is 0 Å². The number of carbonyl (C=O) groups is 1. The zero-order valence-corrected chi connectivity index (χ0v) is 20.0. The van der Waals surface area contributed by atoms with Crippen LogP contribution in [0.25, 0.3) is 6.08 Å². The third-order valence-electron chi connectivity index (χ3n) is 5.39. The number of aliphatic hydroxyl groups excluding tert-OH is 2. The smallest absolute Gasteiger partial charge is 0.342 e. The van der Waals surface area contributed by atoms with Crippen molar-refractivity contribution in [3.8, 4) is 11.5 Å². The van der Waals surface area contributed by atoms with Gasteiger partial charge in [0.05, 0.1) is 32.5 Å². The quantitative estimate of drug-likeness (QED) is 0.241. The fourth-order valence-corrected chi connectivity index (χ4v) is 3.57. The number of rotatable bonds is 9. The van der Waals surface area contributed by atoms with E-state index in [4.69, 9.17) is 23.7 Å². The average molecular weight is 485 g/mol. The summed E-state index contributed by atoms with van der Waals surface area (Å²) in [6, 6.07) is 12.7. The second-order valence-electron chi connectivity index (χ2n) is 8.03. The van der Waals surface area contributed by atoms with Gasteiger partial charge >= 0.3 is 5.97 Å². The van der Waals surface area contributed by atoms with Crippen molar-refractivity contribution in [3.05, 3.63) is 77.4 Å². The van der Waals surface area contributed by atoms with Crippen molar-refractivity contribution < 1.29 is 38.7 Å². The third kappa shape index (κ3) is 8.22. The van der Waals surface area contributed by atoms with Gasteiger partial charge in [0.25, 0.3) is 0 Å². The first kappa shape index (κ1) is 26.4. The molecule has 2 N–H and O–H groups in total. The minimum absolute atomic E-state index is 0.0415. The molecule has 1 heterocycles. The molecule has 3 atom stereocenters. The molecule has 0 aliphatic carbocycles. The van der Waals surface area contributed by atoms with Crippen LogP contribution in [-0.4, -0.2) is 62.1 Å². The highest BCUT2D eigenvalue weighted by molar-refractivity contribution is 5.96. The van der Waals surface area contributed by atoms with Gasteiger partial charge in [-0.05, 0) is 29.3 Å². The molecule has 0 saturated heterocycles. The van der Waals surface area contributed by atoms with E-state index in [1.54, 1.807) is 31.4 Å². The summed E-state index contributed by atoms with van der Waals surface area (Å²) in [4.78, 5) is 13.2. The van der Waals surface area contributed by atoms with Crippen molar-refractivity contribution in [3.63, 3.8) is 0 Å². The summed E-state index contributed by atoms with van der Waals surface area (Å²) in [7, 11) is 3.10. The fourth-order valence-electron chi connectivity index (χ4n) is 3.57. The molecule has 2 aromatic rings. The fraction of sp³-hybridized carbons (Fsp3) is 0.370. The Kier molecular flexibility index (Phi) is 10.3. The molecule has 35 heavy (non-hydrogen) atoms. The Morgan fingerprint density at radius 2 is 1.83 bits per heavy atom. The highest BCUT2D eigenvalue weighted by atomic mass is 16.7. The van der Waals surface area contributed by atoms with Gasteiger partial charge in [0.2, 0.25) is 0 Å². The van der Waals surface area contributed by atoms with Crippen molar-refractivity contribution in [2.24, 2.45) is 0 Å². The average Bonchev–Trinajstić information content (AvgIpc) is 2.87. The SMILES string of the molecule is COCOc1cccc2c1C(=O)O[C@@H](CCOCc1ccc(OC)cc1)C[C@@H](O)C=C[C@@H](O)/C=C/2. The number of hydrogen-bond donors (Lipinski definition) is 2. The normalized spacial score (nSPS) is 21.3. The molecule has 2 aromatic carbocycles. The number of hydrogen-bond acceptors (Lipinski definition) is 8. The number of methoxy groups -OCH3 is 2. The summed E-state index contributed by atoms with van der Waals surface area (Å²) < 4.78 is 27.3. The Hall–Kier alpha value is -3.17. The van der Waals surface area contributed by atoms with E-state index >= 15 is 0 Å². The van der Waals surface area contributed by atoms with Crippen LogP contribution in [-0.2, 0) is 20.8 Å². The molecule has 0 bridgehead atoms. The standard InChI is InChI=1S/C27H32O8/c1-31-18-34-25-5-3-4-20-8-9-21(28)10-11-22(29)16-24(35-27(30)26(20)25)14-15-33-17-19-6-12-23(32-2)13-7-19/h3-13,21-22,24,28-29H,14-18H2,1-2H3/b9-8+,11-10?/t21-,22-,24-/m0/s1. The van der Waals surface area contributed by atoms with E-state index in [9.17, 15) is 15.0 Å². The maximum absolute atomic E-state index is 13.2. The van der Waals surface area contributed by atoms with Gasteiger partial charge in [-0.3, -0.25) is 0 Å². The predicted octanol–water partition coefficient (Wildman–Crippen LogP) is 3.51. The number of fused-ring (bicyclic) bond motifs is 1. The van der Waals surface area contributed by atoms with Gasteiger partial charge in [-0.25, -0.2) is 4.79 Å². The Morgan fingerprint density at radius 1 is 1.03 bits per heavy atom. The first-order valence-corrected chi connectivity index (χ1v) is 11.4. The lowest BCUT2D eigenvalue weighted by atomic mass is 10.0. The minimum atomic E-state index is -0.928. The number of esters is 1. The number of aliphatic hydroxyl groups is 2. The second-order valence-corrected chi connectivity index (χ2v) is 8.03. The number of carbonyl (C=O) groups excluding carboxylic acids is 1. The Morgan fingerprint density at radius 3 is 2.57 bits per heavy atom. The predicted molar refractivity (Wildman–Crippen MR) is 130 cm³/mol. The third-order valence-corrected chi connectivity index (χ3v) is 5.39. The van der Waals surface area contributed by atoms with Gasteiger partial charge in [0, 0.05) is 20.0 Å². The molecule has 0 unspecified atom stereocenters. The summed E-state index contributed by atoms with van der Waals surface area (Å²) in [5.74, 6) is 0.476. The summed E-state index contributed by atoms with van der Waals surface area (Å²) >= 11 is 0. The van der Waals surface area contributed by atoms with E-state index in [1.807, 2.05) is 24.3 Å². The van der Waals surface area contributed by atoms with Crippen LogP contribution in [0.15, 0.2) is 60.7 Å². The highest BCUT2D eigenvalue weighted by Crippen LogP contribution is 2.27. The molecule has 1 aliphatic heterocycles. The van der Waals surface area contributed by atoms with Crippen LogP contribution in [0, 0.1) is 0 Å². The van der Waals surface area contributed by atoms with Crippen molar-refractivity contribution in [1.29, 1.82) is 0 Å². The maximum atomic E-state index is 13.2. The van der Waals surface area contributed by atoms with Crippen LogP contribution in [0.4, 0.5) is 0 Å². The molecule has 0 amide bonds. The second kappa shape index (κ2) is 13.7. The summed E-state index contributed by atoms with van der Waals surface area (Å²) in [5.41, 5.74) is 1.74. The number of ether oxygens (including phenoxy) is 5. The van der Waals surface area contributed by atoms with Gasteiger partial charge in [0.15, 0.2) is 6.79 Å². The summed E-state index contributed by atoms with van der Waals surface area (Å²) in [6.45, 7) is 0.666. The van der Waals surface area contributed by atoms with E-state index in [0.717, 1.165) is 11.3 Å². The molecule has 0 aromatic heterocycles. The molecule has 8 nitrogen and oxygen atoms in total. The molecule has 0 saturated carbocycles. The highest BCUT2D eigenvalue weighted by Gasteiger charge is 2.24. The summed E-state index contributed by atoms with van der Waals surface area (Å²) in [6.07, 6.45) is 4.19. The van der Waals surface area contributed by atoms with Crippen LogP contribution in [0.5, 0.6) is 11.5 Å². The van der Waals surface area contributed by atoms with Gasteiger partial charge in [-0.15, -0.1) is 0 Å². The maximum Gasteiger partial charge on any atom is 0.342 e. The van der Waals surface area contributed by atoms with E-state index < -0.39 is 24.3 Å². The lowest BCUT2D eigenvalue weighted by molar-refractivity contribution is 0.00391. The van der Waals surface area contributed by atoms with Gasteiger partial charge in [-0.1, -0.05) is 48.6 Å². The largest absolute Gasteiger partial charge is 0.497 e. The van der Waals surface area contributed by atoms with Crippen LogP contribution < -0.4 is 9.47 Å². The molecule has 1 aliphatic rings. The van der Waals surface area contributed by atoms with Gasteiger partial charge in [-0.2, -0.15) is 0 Å². The number of benzene rings is 2. The van der Waals surface area contributed by atoms with Gasteiger partial charge < -0.3 is 33.9 Å². The van der Waals surface area contributed by atoms with Crippen LogP contribution in [0.3, 0.4) is 0 Å². The molecule has 0 spiro atoms. The van der Waals surface area contributed by atoms with Gasteiger partial charge in [0.1, 0.15) is 23.2 Å². The zero-order valence-electron chi connectivity index (χ0n) is 20.0.